The zero-order valence-electron chi connectivity index (χ0n) is 9.68. The van der Waals surface area contributed by atoms with E-state index in [1.807, 2.05) is 0 Å². The summed E-state index contributed by atoms with van der Waals surface area (Å²) in [6, 6.07) is 0. The molecule has 0 fully saturated rings. The third-order valence-electron chi connectivity index (χ3n) is 2.48. The van der Waals surface area contributed by atoms with E-state index in [4.69, 9.17) is 16.3 Å². The first-order valence-electron chi connectivity index (χ1n) is 5.54. The molecule has 0 aliphatic carbocycles. The van der Waals surface area contributed by atoms with Crippen LogP contribution >= 0.6 is 11.6 Å². The summed E-state index contributed by atoms with van der Waals surface area (Å²) >= 11 is 5.75. The van der Waals surface area contributed by atoms with Gasteiger partial charge in [0, 0.05) is 19.5 Å². The number of ether oxygens (including phenoxy) is 1. The number of rotatable bonds is 9. The minimum Gasteiger partial charge on any atom is -0.380 e. The molecule has 2 atom stereocenters. The van der Waals surface area contributed by atoms with Crippen LogP contribution in [-0.2, 0) is 4.74 Å². The molecule has 0 spiro atoms. The van der Waals surface area contributed by atoms with Gasteiger partial charge in [0.15, 0.2) is 0 Å². The van der Waals surface area contributed by atoms with E-state index in [1.165, 1.54) is 12.8 Å². The molecule has 2 nitrogen and oxygen atoms in total. The first kappa shape index (κ1) is 14.2. The van der Waals surface area contributed by atoms with Gasteiger partial charge >= 0.3 is 0 Å². The second-order valence-electron chi connectivity index (χ2n) is 3.84. The van der Waals surface area contributed by atoms with E-state index in [-0.39, 0.29) is 0 Å². The minimum atomic E-state index is 0.299. The topological polar surface area (TPSA) is 21.3 Å². The van der Waals surface area contributed by atoms with Crippen LogP contribution < -0.4 is 5.32 Å². The lowest BCUT2D eigenvalue weighted by Crippen LogP contribution is -2.30. The SMILES string of the molecule is CCCC(CCCl)CNCC(C)OC. The van der Waals surface area contributed by atoms with E-state index >= 15 is 0 Å². The van der Waals surface area contributed by atoms with E-state index in [9.17, 15) is 0 Å². The summed E-state index contributed by atoms with van der Waals surface area (Å²) in [6.45, 7) is 6.29. The average Bonchev–Trinajstić information content (AvgIpc) is 2.18. The van der Waals surface area contributed by atoms with Crippen LogP contribution in [0.2, 0.25) is 0 Å². The number of hydrogen-bond acceptors (Lipinski definition) is 2. The first-order chi connectivity index (χ1) is 6.74. The molecule has 0 aromatic heterocycles. The Morgan fingerprint density at radius 3 is 2.50 bits per heavy atom. The lowest BCUT2D eigenvalue weighted by atomic mass is 10.0. The highest BCUT2D eigenvalue weighted by Crippen LogP contribution is 2.10. The number of alkyl halides is 1. The average molecular weight is 222 g/mol. The van der Waals surface area contributed by atoms with Gasteiger partial charge in [0.25, 0.3) is 0 Å². The number of methoxy groups -OCH3 is 1. The predicted molar refractivity (Wildman–Crippen MR) is 63.1 cm³/mol. The molecule has 0 heterocycles. The standard InChI is InChI=1S/C11H24ClNO/c1-4-5-11(6-7-12)9-13-8-10(2)14-3/h10-11,13H,4-9H2,1-3H3. The molecule has 0 saturated carbocycles. The Kier molecular flexibility index (Phi) is 9.90. The van der Waals surface area contributed by atoms with Gasteiger partial charge in [0.2, 0.25) is 0 Å². The summed E-state index contributed by atoms with van der Waals surface area (Å²) < 4.78 is 5.16. The molecule has 0 aromatic carbocycles. The fourth-order valence-corrected chi connectivity index (χ4v) is 1.79. The molecule has 0 rings (SSSR count). The van der Waals surface area contributed by atoms with Crippen LogP contribution in [0.1, 0.15) is 33.1 Å². The van der Waals surface area contributed by atoms with Crippen molar-refractivity contribution in [2.45, 2.75) is 39.2 Å². The molecule has 2 unspecified atom stereocenters. The van der Waals surface area contributed by atoms with Gasteiger partial charge in [0.1, 0.15) is 0 Å². The molecular weight excluding hydrogens is 198 g/mol. The van der Waals surface area contributed by atoms with Gasteiger partial charge in [-0.05, 0) is 32.2 Å². The highest BCUT2D eigenvalue weighted by molar-refractivity contribution is 6.17. The summed E-state index contributed by atoms with van der Waals surface area (Å²) in [5.74, 6) is 1.49. The first-order valence-corrected chi connectivity index (χ1v) is 6.07. The Labute approximate surface area is 93.4 Å². The van der Waals surface area contributed by atoms with Crippen LogP contribution in [-0.4, -0.2) is 32.2 Å². The Balaban J connectivity index is 3.49. The van der Waals surface area contributed by atoms with Crippen molar-refractivity contribution in [2.24, 2.45) is 5.92 Å². The highest BCUT2D eigenvalue weighted by atomic mass is 35.5. The monoisotopic (exact) mass is 221 g/mol. The maximum Gasteiger partial charge on any atom is 0.0667 e. The van der Waals surface area contributed by atoms with Crippen molar-refractivity contribution in [1.82, 2.24) is 5.32 Å². The Bertz CT molecular complexity index is 116. The lowest BCUT2D eigenvalue weighted by molar-refractivity contribution is 0.116. The van der Waals surface area contributed by atoms with Gasteiger partial charge in [-0.25, -0.2) is 0 Å². The lowest BCUT2D eigenvalue weighted by Gasteiger charge is -2.17. The van der Waals surface area contributed by atoms with Gasteiger partial charge in [-0.2, -0.15) is 0 Å². The Hall–Kier alpha value is 0.210. The van der Waals surface area contributed by atoms with Crippen LogP contribution in [0.15, 0.2) is 0 Å². The molecule has 3 heteroatoms. The smallest absolute Gasteiger partial charge is 0.0667 e. The normalized spacial score (nSPS) is 15.4. The molecule has 14 heavy (non-hydrogen) atoms. The minimum absolute atomic E-state index is 0.299. The van der Waals surface area contributed by atoms with E-state index in [1.54, 1.807) is 7.11 Å². The molecular formula is C11H24ClNO. The van der Waals surface area contributed by atoms with Gasteiger partial charge in [-0.3, -0.25) is 0 Å². The van der Waals surface area contributed by atoms with Crippen LogP contribution in [0.3, 0.4) is 0 Å². The van der Waals surface area contributed by atoms with E-state index in [2.05, 4.69) is 19.2 Å². The molecule has 0 saturated heterocycles. The zero-order valence-corrected chi connectivity index (χ0v) is 10.4. The third kappa shape index (κ3) is 7.60. The van der Waals surface area contributed by atoms with Crippen molar-refractivity contribution in [2.75, 3.05) is 26.1 Å². The summed E-state index contributed by atoms with van der Waals surface area (Å²) in [5.41, 5.74) is 0. The molecule has 0 aromatic rings. The van der Waals surface area contributed by atoms with E-state index in [0.29, 0.717) is 6.10 Å². The van der Waals surface area contributed by atoms with Crippen molar-refractivity contribution in [1.29, 1.82) is 0 Å². The second-order valence-corrected chi connectivity index (χ2v) is 4.21. The fourth-order valence-electron chi connectivity index (χ4n) is 1.49. The van der Waals surface area contributed by atoms with Gasteiger partial charge in [-0.15, -0.1) is 11.6 Å². The van der Waals surface area contributed by atoms with Crippen molar-refractivity contribution < 1.29 is 4.74 Å². The van der Waals surface area contributed by atoms with E-state index < -0.39 is 0 Å². The summed E-state index contributed by atoms with van der Waals surface area (Å²) in [4.78, 5) is 0. The summed E-state index contributed by atoms with van der Waals surface area (Å²) in [7, 11) is 1.74. The molecule has 0 bridgehead atoms. The van der Waals surface area contributed by atoms with Gasteiger partial charge in [-0.1, -0.05) is 13.3 Å². The number of nitrogens with one attached hydrogen (secondary N) is 1. The molecule has 0 aliphatic rings. The van der Waals surface area contributed by atoms with Gasteiger partial charge in [0.05, 0.1) is 6.10 Å². The maximum absolute atomic E-state index is 5.75. The molecule has 0 amide bonds. The Morgan fingerprint density at radius 1 is 1.29 bits per heavy atom. The van der Waals surface area contributed by atoms with Crippen LogP contribution in [0.4, 0.5) is 0 Å². The van der Waals surface area contributed by atoms with Crippen LogP contribution in [0.5, 0.6) is 0 Å². The maximum atomic E-state index is 5.75. The van der Waals surface area contributed by atoms with E-state index in [0.717, 1.165) is 31.3 Å². The fraction of sp³-hybridized carbons (Fsp3) is 1.00. The van der Waals surface area contributed by atoms with Crippen molar-refractivity contribution in [3.05, 3.63) is 0 Å². The largest absolute Gasteiger partial charge is 0.380 e. The predicted octanol–water partition coefficient (Wildman–Crippen LogP) is 2.66. The molecule has 86 valence electrons. The quantitative estimate of drug-likeness (QED) is 0.605. The van der Waals surface area contributed by atoms with Crippen molar-refractivity contribution in [3.63, 3.8) is 0 Å². The van der Waals surface area contributed by atoms with Crippen molar-refractivity contribution in [3.8, 4) is 0 Å². The highest BCUT2D eigenvalue weighted by Gasteiger charge is 2.07. The van der Waals surface area contributed by atoms with Crippen LogP contribution in [0, 0.1) is 5.92 Å². The molecule has 1 N–H and O–H groups in total. The summed E-state index contributed by atoms with van der Waals surface area (Å²) in [5, 5.41) is 3.42. The summed E-state index contributed by atoms with van der Waals surface area (Å²) in [6.07, 6.45) is 3.92. The molecule has 0 aliphatic heterocycles. The van der Waals surface area contributed by atoms with Crippen LogP contribution in [0.25, 0.3) is 0 Å². The molecule has 0 radical (unpaired) electrons. The number of hydrogen-bond donors (Lipinski definition) is 1. The van der Waals surface area contributed by atoms with Gasteiger partial charge < -0.3 is 10.1 Å². The second kappa shape index (κ2) is 9.75. The number of halogens is 1. The Morgan fingerprint density at radius 2 is 2.00 bits per heavy atom. The van der Waals surface area contributed by atoms with Crippen molar-refractivity contribution >= 4 is 11.6 Å². The third-order valence-corrected chi connectivity index (χ3v) is 2.70. The zero-order chi connectivity index (χ0) is 10.8.